The van der Waals surface area contributed by atoms with E-state index < -0.39 is 0 Å². The van der Waals surface area contributed by atoms with Crippen LogP contribution in [0.15, 0.2) is 42.5 Å². The van der Waals surface area contributed by atoms with Crippen LogP contribution in [0.4, 0.5) is 0 Å². The molecular formula is C13H14N2O. The van der Waals surface area contributed by atoms with Gasteiger partial charge in [-0.05, 0) is 22.4 Å². The van der Waals surface area contributed by atoms with Crippen LogP contribution in [0.2, 0.25) is 0 Å². The fourth-order valence-corrected chi connectivity index (χ4v) is 1.77. The Kier molecular flexibility index (Phi) is 2.88. The molecule has 0 spiro atoms. The quantitative estimate of drug-likeness (QED) is 0.816. The van der Waals surface area contributed by atoms with Crippen LogP contribution >= 0.6 is 0 Å². The lowest BCUT2D eigenvalue weighted by Crippen LogP contribution is -2.20. The van der Waals surface area contributed by atoms with Gasteiger partial charge in [0.1, 0.15) is 0 Å². The molecule has 82 valence electrons. The molecule has 0 radical (unpaired) electrons. The molecule has 0 saturated heterocycles. The molecule has 0 fully saturated rings. The van der Waals surface area contributed by atoms with Crippen molar-refractivity contribution in [2.45, 2.75) is 12.5 Å². The zero-order chi connectivity index (χ0) is 11.5. The smallest absolute Gasteiger partial charge is 0.219 e. The molecule has 0 unspecified atom stereocenters. The predicted molar refractivity (Wildman–Crippen MR) is 64.7 cm³/mol. The van der Waals surface area contributed by atoms with Crippen LogP contribution in [0.25, 0.3) is 10.8 Å². The maximum Gasteiger partial charge on any atom is 0.219 e. The van der Waals surface area contributed by atoms with Crippen LogP contribution in [0, 0.1) is 0 Å². The monoisotopic (exact) mass is 214 g/mol. The predicted octanol–water partition coefficient (Wildman–Crippen LogP) is 1.72. The normalized spacial score (nSPS) is 12.6. The number of carbonyl (C=O) groups is 1. The zero-order valence-corrected chi connectivity index (χ0v) is 8.89. The van der Waals surface area contributed by atoms with Crippen LogP contribution in [0.5, 0.6) is 0 Å². The Labute approximate surface area is 94.0 Å². The molecule has 2 rings (SSSR count). The van der Waals surface area contributed by atoms with Crippen molar-refractivity contribution < 1.29 is 4.79 Å². The molecule has 0 aliphatic carbocycles. The van der Waals surface area contributed by atoms with Crippen LogP contribution in [0.1, 0.15) is 18.0 Å². The minimum absolute atomic E-state index is 0.179. The summed E-state index contributed by atoms with van der Waals surface area (Å²) in [5, 5.41) is 2.29. The number of primary amides is 1. The minimum Gasteiger partial charge on any atom is -0.370 e. The fraction of sp³-hybridized carbons (Fsp3) is 0.154. The van der Waals surface area contributed by atoms with Gasteiger partial charge in [0.25, 0.3) is 0 Å². The molecule has 0 bridgehead atoms. The lowest BCUT2D eigenvalue weighted by atomic mass is 10.0. The van der Waals surface area contributed by atoms with Gasteiger partial charge in [-0.15, -0.1) is 0 Å². The Morgan fingerprint density at radius 1 is 1.12 bits per heavy atom. The summed E-state index contributed by atoms with van der Waals surface area (Å²) in [5.74, 6) is -0.374. The second kappa shape index (κ2) is 4.33. The van der Waals surface area contributed by atoms with Crippen LogP contribution in [0.3, 0.4) is 0 Å². The van der Waals surface area contributed by atoms with Crippen molar-refractivity contribution in [3.05, 3.63) is 48.0 Å². The average molecular weight is 214 g/mol. The van der Waals surface area contributed by atoms with Crippen molar-refractivity contribution in [3.63, 3.8) is 0 Å². The standard InChI is InChI=1S/C13H14N2O/c14-12(8-13(15)16)11-6-5-9-3-1-2-4-10(9)7-11/h1-7,12H,8,14H2,(H2,15,16)/t12-/m0/s1. The zero-order valence-electron chi connectivity index (χ0n) is 8.89. The Balaban J connectivity index is 2.35. The highest BCUT2D eigenvalue weighted by Crippen LogP contribution is 2.20. The SMILES string of the molecule is NC(=O)C[C@H](N)c1ccc2ccccc2c1. The van der Waals surface area contributed by atoms with E-state index in [-0.39, 0.29) is 18.4 Å². The number of fused-ring (bicyclic) bond motifs is 1. The van der Waals surface area contributed by atoms with E-state index in [2.05, 4.69) is 0 Å². The number of hydrogen-bond acceptors (Lipinski definition) is 2. The molecule has 2 aromatic carbocycles. The Morgan fingerprint density at radius 3 is 2.50 bits per heavy atom. The summed E-state index contributed by atoms with van der Waals surface area (Å²) >= 11 is 0. The van der Waals surface area contributed by atoms with Gasteiger partial charge in [0.05, 0.1) is 0 Å². The molecule has 16 heavy (non-hydrogen) atoms. The topological polar surface area (TPSA) is 69.1 Å². The van der Waals surface area contributed by atoms with Gasteiger partial charge in [0, 0.05) is 12.5 Å². The first-order valence-corrected chi connectivity index (χ1v) is 5.19. The first-order valence-electron chi connectivity index (χ1n) is 5.19. The molecule has 2 aromatic rings. The number of nitrogens with two attached hydrogens (primary N) is 2. The van der Waals surface area contributed by atoms with E-state index in [1.54, 1.807) is 0 Å². The maximum absolute atomic E-state index is 10.8. The lowest BCUT2D eigenvalue weighted by Gasteiger charge is -2.10. The summed E-state index contributed by atoms with van der Waals surface area (Å²) in [6.07, 6.45) is 0.179. The van der Waals surface area contributed by atoms with E-state index in [0.717, 1.165) is 16.3 Å². The van der Waals surface area contributed by atoms with Gasteiger partial charge >= 0.3 is 0 Å². The van der Waals surface area contributed by atoms with Gasteiger partial charge < -0.3 is 11.5 Å². The highest BCUT2D eigenvalue weighted by atomic mass is 16.1. The number of hydrogen-bond donors (Lipinski definition) is 2. The molecule has 1 amide bonds. The van der Waals surface area contributed by atoms with Gasteiger partial charge in [-0.25, -0.2) is 0 Å². The molecule has 3 nitrogen and oxygen atoms in total. The first-order chi connectivity index (χ1) is 7.66. The van der Waals surface area contributed by atoms with Crippen LogP contribution in [-0.4, -0.2) is 5.91 Å². The third kappa shape index (κ3) is 2.20. The van der Waals surface area contributed by atoms with Crippen molar-refractivity contribution in [2.24, 2.45) is 11.5 Å². The highest BCUT2D eigenvalue weighted by molar-refractivity contribution is 5.83. The molecule has 0 aromatic heterocycles. The molecule has 3 heteroatoms. The number of amides is 1. The molecule has 4 N–H and O–H groups in total. The second-order valence-corrected chi connectivity index (χ2v) is 3.88. The first kappa shape index (κ1) is 10.6. The molecular weight excluding hydrogens is 200 g/mol. The Bertz CT molecular complexity index is 522. The molecule has 0 aliphatic heterocycles. The molecule has 0 heterocycles. The second-order valence-electron chi connectivity index (χ2n) is 3.88. The largest absolute Gasteiger partial charge is 0.370 e. The van der Waals surface area contributed by atoms with Gasteiger partial charge in [-0.2, -0.15) is 0 Å². The summed E-state index contributed by atoms with van der Waals surface area (Å²) in [6, 6.07) is 13.7. The third-order valence-corrected chi connectivity index (χ3v) is 2.62. The fourth-order valence-electron chi connectivity index (χ4n) is 1.77. The summed E-state index contributed by atoms with van der Waals surface area (Å²) in [4.78, 5) is 10.8. The van der Waals surface area contributed by atoms with Crippen LogP contribution in [-0.2, 0) is 4.79 Å². The average Bonchev–Trinajstić information content (AvgIpc) is 2.27. The van der Waals surface area contributed by atoms with Crippen molar-refractivity contribution in [2.75, 3.05) is 0 Å². The van der Waals surface area contributed by atoms with Gasteiger partial charge in [-0.3, -0.25) is 4.79 Å². The molecule has 0 saturated carbocycles. The highest BCUT2D eigenvalue weighted by Gasteiger charge is 2.09. The lowest BCUT2D eigenvalue weighted by molar-refractivity contribution is -0.118. The van der Waals surface area contributed by atoms with Crippen molar-refractivity contribution in [1.29, 1.82) is 0 Å². The maximum atomic E-state index is 10.8. The summed E-state index contributed by atoms with van der Waals surface area (Å²) in [7, 11) is 0. The van der Waals surface area contributed by atoms with Crippen molar-refractivity contribution in [3.8, 4) is 0 Å². The summed E-state index contributed by atoms with van der Waals surface area (Å²) < 4.78 is 0. The van der Waals surface area contributed by atoms with Gasteiger partial charge in [-0.1, -0.05) is 36.4 Å². The number of carbonyl (C=O) groups excluding carboxylic acids is 1. The summed E-state index contributed by atoms with van der Waals surface area (Å²) in [5.41, 5.74) is 12.0. The number of rotatable bonds is 3. The minimum atomic E-state index is -0.374. The van der Waals surface area contributed by atoms with Crippen molar-refractivity contribution >= 4 is 16.7 Å². The third-order valence-electron chi connectivity index (χ3n) is 2.62. The van der Waals surface area contributed by atoms with Crippen molar-refractivity contribution in [1.82, 2.24) is 0 Å². The van der Waals surface area contributed by atoms with E-state index in [0.29, 0.717) is 0 Å². The molecule has 0 aliphatic rings. The Hall–Kier alpha value is -1.87. The van der Waals surface area contributed by atoms with E-state index in [1.165, 1.54) is 0 Å². The molecule has 1 atom stereocenters. The number of benzene rings is 2. The van der Waals surface area contributed by atoms with E-state index in [9.17, 15) is 4.79 Å². The summed E-state index contributed by atoms with van der Waals surface area (Å²) in [6.45, 7) is 0. The van der Waals surface area contributed by atoms with Crippen LogP contribution < -0.4 is 11.5 Å². The Morgan fingerprint density at radius 2 is 1.81 bits per heavy atom. The van der Waals surface area contributed by atoms with E-state index >= 15 is 0 Å². The van der Waals surface area contributed by atoms with E-state index in [4.69, 9.17) is 11.5 Å². The van der Waals surface area contributed by atoms with Gasteiger partial charge in [0.2, 0.25) is 5.91 Å². The van der Waals surface area contributed by atoms with Gasteiger partial charge in [0.15, 0.2) is 0 Å². The van der Waals surface area contributed by atoms with E-state index in [1.807, 2.05) is 42.5 Å².